The Morgan fingerprint density at radius 3 is 2.55 bits per heavy atom. The van der Waals surface area contributed by atoms with E-state index >= 15 is 0 Å². The number of amides is 2. The number of nitrogens with zero attached hydrogens (tertiary/aromatic N) is 1. The third-order valence-corrected chi connectivity index (χ3v) is 4.83. The van der Waals surface area contributed by atoms with E-state index in [0.717, 1.165) is 0 Å². The zero-order valence-electron chi connectivity index (χ0n) is 15.5. The van der Waals surface area contributed by atoms with Gasteiger partial charge in [-0.15, -0.1) is 0 Å². The summed E-state index contributed by atoms with van der Waals surface area (Å²) in [5.74, 6) is -0.865. The first kappa shape index (κ1) is 21.0. The Kier molecular flexibility index (Phi) is 6.61. The van der Waals surface area contributed by atoms with Gasteiger partial charge in [-0.2, -0.15) is 0 Å². The molecule has 29 heavy (non-hydrogen) atoms. The minimum atomic E-state index is -0.646. The van der Waals surface area contributed by atoms with Crippen molar-refractivity contribution in [3.63, 3.8) is 0 Å². The Hall–Kier alpha value is -2.77. The zero-order chi connectivity index (χ0) is 21.0. The highest BCUT2D eigenvalue weighted by Gasteiger charge is 2.31. The van der Waals surface area contributed by atoms with Gasteiger partial charge in [0.1, 0.15) is 5.75 Å². The van der Waals surface area contributed by atoms with Gasteiger partial charge in [0.05, 0.1) is 27.8 Å². The third kappa shape index (κ3) is 4.99. The monoisotopic (exact) mass is 436 g/mol. The van der Waals surface area contributed by atoms with E-state index in [4.69, 9.17) is 32.7 Å². The summed E-state index contributed by atoms with van der Waals surface area (Å²) in [6.07, 6.45) is -0.723. The van der Waals surface area contributed by atoms with E-state index in [9.17, 15) is 14.4 Å². The molecule has 152 valence electrons. The summed E-state index contributed by atoms with van der Waals surface area (Å²) in [5, 5.41) is 3.05. The van der Waals surface area contributed by atoms with E-state index in [1.165, 1.54) is 4.90 Å². The highest BCUT2D eigenvalue weighted by Crippen LogP contribution is 2.33. The van der Waals surface area contributed by atoms with Gasteiger partial charge in [0.2, 0.25) is 0 Å². The average molecular weight is 437 g/mol. The van der Waals surface area contributed by atoms with Crippen LogP contribution >= 0.6 is 23.2 Å². The molecule has 0 aromatic heterocycles. The van der Waals surface area contributed by atoms with Gasteiger partial charge in [0.15, 0.2) is 12.7 Å². The fourth-order valence-corrected chi connectivity index (χ4v) is 3.30. The van der Waals surface area contributed by atoms with Crippen molar-refractivity contribution in [3.05, 3.63) is 52.5 Å². The summed E-state index contributed by atoms with van der Waals surface area (Å²) >= 11 is 12.0. The Bertz CT molecular complexity index is 930. The van der Waals surface area contributed by atoms with Crippen LogP contribution < -0.4 is 15.0 Å². The largest absolute Gasteiger partial charge is 0.479 e. The van der Waals surface area contributed by atoms with Crippen LogP contribution in [0.3, 0.4) is 0 Å². The number of nitrogens with one attached hydrogen (secondary N) is 1. The number of hydrogen-bond donors (Lipinski definition) is 1. The van der Waals surface area contributed by atoms with E-state index in [1.54, 1.807) is 49.4 Å². The molecule has 2 amide bonds. The summed E-state index contributed by atoms with van der Waals surface area (Å²) in [6.45, 7) is 1.26. The summed E-state index contributed by atoms with van der Waals surface area (Å²) in [5.41, 5.74) is 0.843. The number of hydrogen-bond acceptors (Lipinski definition) is 5. The molecule has 0 bridgehead atoms. The first-order valence-corrected chi connectivity index (χ1v) is 9.59. The molecule has 0 radical (unpaired) electrons. The molecular formula is C20H18Cl2N2O5. The molecule has 0 fully saturated rings. The molecule has 0 spiro atoms. The molecule has 2 aromatic carbocycles. The van der Waals surface area contributed by atoms with Crippen LogP contribution in [0.5, 0.6) is 5.75 Å². The molecule has 1 aliphatic heterocycles. The van der Waals surface area contributed by atoms with Crippen LogP contribution in [0.1, 0.15) is 13.3 Å². The quantitative estimate of drug-likeness (QED) is 0.698. The fraction of sp³-hybridized carbons (Fsp3) is 0.250. The molecule has 1 atom stereocenters. The molecule has 0 saturated carbocycles. The standard InChI is InChI=1S/C20H18Cl2N2O5/c1-12-20(27)24(15-7-2-3-8-16(15)29-12)10-9-18(26)28-11-17(25)23-19-13(21)5-4-6-14(19)22/h2-8,12H,9-11H2,1H3,(H,23,25). The fourth-order valence-electron chi connectivity index (χ4n) is 2.80. The summed E-state index contributed by atoms with van der Waals surface area (Å²) in [7, 11) is 0. The number of halogens is 2. The predicted octanol–water partition coefficient (Wildman–Crippen LogP) is 3.68. The number of esters is 1. The van der Waals surface area contributed by atoms with Crippen LogP contribution in [0.15, 0.2) is 42.5 Å². The maximum atomic E-state index is 12.4. The van der Waals surface area contributed by atoms with Gasteiger partial charge < -0.3 is 19.7 Å². The number of anilines is 2. The Morgan fingerprint density at radius 2 is 1.83 bits per heavy atom. The second-order valence-corrected chi connectivity index (χ2v) is 7.09. The molecule has 3 rings (SSSR count). The van der Waals surface area contributed by atoms with Gasteiger partial charge in [-0.3, -0.25) is 14.4 Å². The van der Waals surface area contributed by atoms with Crippen molar-refractivity contribution in [3.8, 4) is 5.75 Å². The van der Waals surface area contributed by atoms with Gasteiger partial charge in [-0.05, 0) is 31.2 Å². The second-order valence-electron chi connectivity index (χ2n) is 6.27. The number of fused-ring (bicyclic) bond motifs is 1. The van der Waals surface area contributed by atoms with Crippen molar-refractivity contribution in [2.24, 2.45) is 0 Å². The van der Waals surface area contributed by atoms with Crippen molar-refractivity contribution >= 4 is 52.4 Å². The van der Waals surface area contributed by atoms with Crippen molar-refractivity contribution < 1.29 is 23.9 Å². The molecule has 1 unspecified atom stereocenters. The van der Waals surface area contributed by atoms with E-state index < -0.39 is 24.6 Å². The SMILES string of the molecule is CC1Oc2ccccc2N(CCC(=O)OCC(=O)Nc2c(Cl)cccc2Cl)C1=O. The minimum absolute atomic E-state index is 0.0765. The lowest BCUT2D eigenvalue weighted by molar-refractivity contribution is -0.147. The van der Waals surface area contributed by atoms with Crippen LogP contribution in [0.2, 0.25) is 10.0 Å². The maximum Gasteiger partial charge on any atom is 0.308 e. The van der Waals surface area contributed by atoms with Crippen molar-refractivity contribution in [1.29, 1.82) is 0 Å². The van der Waals surface area contributed by atoms with Gasteiger partial charge in [0, 0.05) is 6.54 Å². The van der Waals surface area contributed by atoms with E-state index in [2.05, 4.69) is 5.32 Å². The van der Waals surface area contributed by atoms with E-state index in [-0.39, 0.29) is 34.6 Å². The summed E-state index contributed by atoms with van der Waals surface area (Å²) in [4.78, 5) is 37.9. The predicted molar refractivity (Wildman–Crippen MR) is 110 cm³/mol. The number of rotatable bonds is 6. The number of ether oxygens (including phenoxy) is 2. The van der Waals surface area contributed by atoms with Crippen LogP contribution in [-0.2, 0) is 19.1 Å². The molecule has 1 N–H and O–H groups in total. The number of carbonyl (C=O) groups excluding carboxylic acids is 3. The normalized spacial score (nSPS) is 15.3. The molecule has 0 saturated heterocycles. The Labute approximate surface area is 177 Å². The molecule has 9 heteroatoms. The van der Waals surface area contributed by atoms with Crippen LogP contribution in [0, 0.1) is 0 Å². The second kappa shape index (κ2) is 9.15. The highest BCUT2D eigenvalue weighted by molar-refractivity contribution is 6.39. The highest BCUT2D eigenvalue weighted by atomic mass is 35.5. The Morgan fingerprint density at radius 1 is 1.14 bits per heavy atom. The summed E-state index contributed by atoms with van der Waals surface area (Å²) in [6, 6.07) is 11.9. The van der Waals surface area contributed by atoms with Crippen LogP contribution in [-0.4, -0.2) is 37.0 Å². The van der Waals surface area contributed by atoms with E-state index in [1.807, 2.05) is 0 Å². The molecule has 2 aromatic rings. The van der Waals surface area contributed by atoms with E-state index in [0.29, 0.717) is 11.4 Å². The number of para-hydroxylation sites is 3. The molecule has 1 aliphatic rings. The third-order valence-electron chi connectivity index (χ3n) is 4.20. The van der Waals surface area contributed by atoms with Gasteiger partial charge in [0.25, 0.3) is 11.8 Å². The molecular weight excluding hydrogens is 419 g/mol. The topological polar surface area (TPSA) is 84.9 Å². The van der Waals surface area contributed by atoms with Crippen molar-refractivity contribution in [2.75, 3.05) is 23.4 Å². The lowest BCUT2D eigenvalue weighted by atomic mass is 10.2. The molecule has 1 heterocycles. The smallest absolute Gasteiger partial charge is 0.308 e. The minimum Gasteiger partial charge on any atom is -0.479 e. The van der Waals surface area contributed by atoms with Gasteiger partial charge in [-0.25, -0.2) is 0 Å². The maximum absolute atomic E-state index is 12.4. The summed E-state index contributed by atoms with van der Waals surface area (Å²) < 4.78 is 10.5. The number of benzene rings is 2. The van der Waals surface area contributed by atoms with Crippen molar-refractivity contribution in [2.45, 2.75) is 19.4 Å². The van der Waals surface area contributed by atoms with Gasteiger partial charge in [-0.1, -0.05) is 41.4 Å². The Balaban J connectivity index is 1.53. The van der Waals surface area contributed by atoms with Gasteiger partial charge >= 0.3 is 5.97 Å². The zero-order valence-corrected chi connectivity index (χ0v) is 17.0. The lowest BCUT2D eigenvalue weighted by Gasteiger charge is -2.32. The lowest BCUT2D eigenvalue weighted by Crippen LogP contribution is -2.45. The first-order chi connectivity index (χ1) is 13.9. The molecule has 0 aliphatic carbocycles. The van der Waals surface area contributed by atoms with Crippen LogP contribution in [0.25, 0.3) is 0 Å². The average Bonchev–Trinajstić information content (AvgIpc) is 2.69. The molecule has 7 nitrogen and oxygen atoms in total. The number of carbonyl (C=O) groups is 3. The van der Waals surface area contributed by atoms with Crippen LogP contribution in [0.4, 0.5) is 11.4 Å². The van der Waals surface area contributed by atoms with Crippen molar-refractivity contribution in [1.82, 2.24) is 0 Å². The first-order valence-electron chi connectivity index (χ1n) is 8.83.